The van der Waals surface area contributed by atoms with E-state index >= 15 is 0 Å². The molecule has 4 heteroatoms. The quantitative estimate of drug-likeness (QED) is 0.739. The predicted molar refractivity (Wildman–Crippen MR) is 82.5 cm³/mol. The van der Waals surface area contributed by atoms with Crippen LogP contribution in [-0.4, -0.2) is 17.0 Å². The molecule has 0 spiro atoms. The maximum Gasteiger partial charge on any atom is 0.147 e. The molecule has 100 valence electrons. The Labute approximate surface area is 117 Å². The van der Waals surface area contributed by atoms with Gasteiger partial charge in [-0.3, -0.25) is 4.98 Å². The molecule has 1 heterocycles. The third-order valence-electron chi connectivity index (χ3n) is 3.20. The van der Waals surface area contributed by atoms with Crippen LogP contribution in [0.3, 0.4) is 0 Å². The van der Waals surface area contributed by atoms with Crippen molar-refractivity contribution < 1.29 is 0 Å². The topological polar surface area (TPSA) is 55.0 Å². The Morgan fingerprint density at radius 2 is 1.85 bits per heavy atom. The lowest BCUT2D eigenvalue weighted by molar-refractivity contribution is 0.898. The van der Waals surface area contributed by atoms with Crippen LogP contribution in [0, 0.1) is 0 Å². The minimum atomic E-state index is 0.748. The van der Waals surface area contributed by atoms with Gasteiger partial charge in [0.25, 0.3) is 0 Å². The van der Waals surface area contributed by atoms with Gasteiger partial charge in [0.1, 0.15) is 5.82 Å². The number of nitrogen functional groups attached to an aromatic ring is 1. The number of anilines is 2. The highest BCUT2D eigenvalue weighted by atomic mass is 15.2. The number of benzene rings is 2. The highest BCUT2D eigenvalue weighted by molar-refractivity contribution is 5.75. The third-order valence-corrected chi connectivity index (χ3v) is 3.20. The van der Waals surface area contributed by atoms with Crippen LogP contribution < -0.4 is 10.6 Å². The molecule has 0 atom stereocenters. The minimum absolute atomic E-state index is 0.748. The predicted octanol–water partition coefficient (Wildman–Crippen LogP) is 2.85. The molecule has 0 saturated heterocycles. The summed E-state index contributed by atoms with van der Waals surface area (Å²) in [5, 5.41) is 0. The number of nitrogens with zero attached hydrogens (tertiary/aromatic N) is 3. The first kappa shape index (κ1) is 12.4. The lowest BCUT2D eigenvalue weighted by Gasteiger charge is -2.18. The van der Waals surface area contributed by atoms with Crippen molar-refractivity contribution in [3.63, 3.8) is 0 Å². The first-order valence-electron chi connectivity index (χ1n) is 6.50. The van der Waals surface area contributed by atoms with E-state index in [1.54, 1.807) is 6.20 Å². The van der Waals surface area contributed by atoms with Crippen molar-refractivity contribution in [2.45, 2.75) is 6.54 Å². The van der Waals surface area contributed by atoms with Gasteiger partial charge < -0.3 is 10.6 Å². The summed E-state index contributed by atoms with van der Waals surface area (Å²) >= 11 is 0. The van der Waals surface area contributed by atoms with E-state index in [4.69, 9.17) is 5.73 Å². The number of hydrogen-bond donors (Lipinski definition) is 1. The van der Waals surface area contributed by atoms with Gasteiger partial charge in [-0.25, -0.2) is 4.98 Å². The zero-order valence-electron chi connectivity index (χ0n) is 11.3. The summed E-state index contributed by atoms with van der Waals surface area (Å²) in [7, 11) is 2.00. The number of nitrogens with two attached hydrogens (primary N) is 1. The van der Waals surface area contributed by atoms with E-state index in [1.807, 2.05) is 49.5 Å². The number of fused-ring (bicyclic) bond motifs is 1. The van der Waals surface area contributed by atoms with Crippen LogP contribution >= 0.6 is 0 Å². The maximum absolute atomic E-state index is 5.80. The summed E-state index contributed by atoms with van der Waals surface area (Å²) in [4.78, 5) is 11.1. The maximum atomic E-state index is 5.80. The van der Waals surface area contributed by atoms with E-state index in [0.717, 1.165) is 34.6 Å². The second-order valence-corrected chi connectivity index (χ2v) is 4.82. The minimum Gasteiger partial charge on any atom is -0.399 e. The normalized spacial score (nSPS) is 10.7. The fourth-order valence-electron chi connectivity index (χ4n) is 2.18. The van der Waals surface area contributed by atoms with E-state index in [0.29, 0.717) is 0 Å². The molecule has 0 unspecified atom stereocenters. The largest absolute Gasteiger partial charge is 0.399 e. The number of para-hydroxylation sites is 2. The molecule has 0 saturated carbocycles. The van der Waals surface area contributed by atoms with Crippen molar-refractivity contribution in [2.24, 2.45) is 0 Å². The summed E-state index contributed by atoms with van der Waals surface area (Å²) < 4.78 is 0. The van der Waals surface area contributed by atoms with Gasteiger partial charge in [-0.1, -0.05) is 24.3 Å². The molecule has 4 nitrogen and oxygen atoms in total. The fraction of sp³-hybridized carbons (Fsp3) is 0.125. The van der Waals surface area contributed by atoms with Crippen LogP contribution in [0.15, 0.2) is 54.7 Å². The lowest BCUT2D eigenvalue weighted by Crippen LogP contribution is -2.18. The Hall–Kier alpha value is -2.62. The van der Waals surface area contributed by atoms with Gasteiger partial charge in [0.2, 0.25) is 0 Å². The van der Waals surface area contributed by atoms with Gasteiger partial charge in [0.15, 0.2) is 0 Å². The molecular weight excluding hydrogens is 248 g/mol. The van der Waals surface area contributed by atoms with Crippen molar-refractivity contribution in [3.8, 4) is 0 Å². The number of aromatic nitrogens is 2. The molecule has 0 aliphatic heterocycles. The van der Waals surface area contributed by atoms with Gasteiger partial charge in [-0.15, -0.1) is 0 Å². The van der Waals surface area contributed by atoms with Gasteiger partial charge >= 0.3 is 0 Å². The molecular formula is C16H16N4. The highest BCUT2D eigenvalue weighted by Crippen LogP contribution is 2.17. The monoisotopic (exact) mass is 264 g/mol. The van der Waals surface area contributed by atoms with Crippen molar-refractivity contribution in [1.29, 1.82) is 0 Å². The SMILES string of the molecule is CN(Cc1cccc(N)c1)c1cnc2ccccc2n1. The second kappa shape index (κ2) is 5.17. The lowest BCUT2D eigenvalue weighted by atomic mass is 10.2. The molecule has 3 aromatic rings. The zero-order valence-corrected chi connectivity index (χ0v) is 11.3. The Kier molecular flexibility index (Phi) is 3.21. The smallest absolute Gasteiger partial charge is 0.147 e. The molecule has 1 aromatic heterocycles. The molecule has 0 aliphatic rings. The molecule has 0 radical (unpaired) electrons. The average Bonchev–Trinajstić information content (AvgIpc) is 2.47. The molecule has 0 aliphatic carbocycles. The van der Waals surface area contributed by atoms with Crippen LogP contribution in [0.2, 0.25) is 0 Å². The van der Waals surface area contributed by atoms with Crippen LogP contribution in [0.5, 0.6) is 0 Å². The molecule has 0 bridgehead atoms. The van der Waals surface area contributed by atoms with E-state index < -0.39 is 0 Å². The number of rotatable bonds is 3. The Morgan fingerprint density at radius 1 is 1.05 bits per heavy atom. The average molecular weight is 264 g/mol. The Bertz CT molecular complexity index is 739. The summed E-state index contributed by atoms with van der Waals surface area (Å²) in [5.74, 6) is 0.853. The summed E-state index contributed by atoms with van der Waals surface area (Å²) in [6.45, 7) is 0.748. The highest BCUT2D eigenvalue weighted by Gasteiger charge is 2.05. The summed E-state index contributed by atoms with van der Waals surface area (Å²) in [6, 6.07) is 15.8. The molecule has 2 aromatic carbocycles. The standard InChI is InChI=1S/C16H16N4/c1-20(11-12-5-4-6-13(17)9-12)16-10-18-14-7-2-3-8-15(14)19-16/h2-10H,11,17H2,1H3. The summed E-state index contributed by atoms with van der Waals surface area (Å²) in [5.41, 5.74) is 9.55. The van der Waals surface area contributed by atoms with Gasteiger partial charge in [0.05, 0.1) is 17.2 Å². The van der Waals surface area contributed by atoms with Crippen LogP contribution in [0.4, 0.5) is 11.5 Å². The van der Waals surface area contributed by atoms with Gasteiger partial charge in [-0.2, -0.15) is 0 Å². The zero-order chi connectivity index (χ0) is 13.9. The van der Waals surface area contributed by atoms with Crippen LogP contribution in [0.1, 0.15) is 5.56 Å². The molecule has 0 fully saturated rings. The Morgan fingerprint density at radius 3 is 2.65 bits per heavy atom. The van der Waals surface area contributed by atoms with Crippen molar-refractivity contribution in [2.75, 3.05) is 17.7 Å². The van der Waals surface area contributed by atoms with Gasteiger partial charge in [0, 0.05) is 19.3 Å². The molecule has 3 rings (SSSR count). The van der Waals surface area contributed by atoms with E-state index in [-0.39, 0.29) is 0 Å². The first-order valence-corrected chi connectivity index (χ1v) is 6.50. The van der Waals surface area contributed by atoms with Gasteiger partial charge in [-0.05, 0) is 29.8 Å². The van der Waals surface area contributed by atoms with E-state index in [1.165, 1.54) is 0 Å². The number of hydrogen-bond acceptors (Lipinski definition) is 4. The summed E-state index contributed by atoms with van der Waals surface area (Å²) in [6.07, 6.45) is 1.80. The fourth-order valence-corrected chi connectivity index (χ4v) is 2.18. The van der Waals surface area contributed by atoms with Crippen molar-refractivity contribution >= 4 is 22.5 Å². The van der Waals surface area contributed by atoms with Crippen molar-refractivity contribution in [3.05, 3.63) is 60.3 Å². The Balaban J connectivity index is 1.86. The van der Waals surface area contributed by atoms with Crippen molar-refractivity contribution in [1.82, 2.24) is 9.97 Å². The van der Waals surface area contributed by atoms with E-state index in [2.05, 4.69) is 20.9 Å². The molecule has 2 N–H and O–H groups in total. The second-order valence-electron chi connectivity index (χ2n) is 4.82. The third kappa shape index (κ3) is 2.54. The molecule has 20 heavy (non-hydrogen) atoms. The first-order chi connectivity index (χ1) is 9.72. The van der Waals surface area contributed by atoms with E-state index in [9.17, 15) is 0 Å². The van der Waals surface area contributed by atoms with Crippen LogP contribution in [-0.2, 0) is 6.54 Å². The molecule has 0 amide bonds. The van der Waals surface area contributed by atoms with Crippen LogP contribution in [0.25, 0.3) is 11.0 Å².